The zero-order chi connectivity index (χ0) is 11.4. The smallest absolute Gasteiger partial charge is 0.217 e. The molecule has 0 aromatic heterocycles. The molecule has 4 nitrogen and oxygen atoms in total. The van der Waals surface area contributed by atoms with Gasteiger partial charge < -0.3 is 16.0 Å². The average molecular weight is 225 g/mol. The molecule has 16 heavy (non-hydrogen) atoms. The number of nitrogens with one attached hydrogen (secondary N) is 1. The highest BCUT2D eigenvalue weighted by molar-refractivity contribution is 5.73. The van der Waals surface area contributed by atoms with Crippen molar-refractivity contribution in [1.82, 2.24) is 10.2 Å². The minimum Gasteiger partial charge on any atom is -0.370 e. The third kappa shape index (κ3) is 3.19. The van der Waals surface area contributed by atoms with E-state index in [9.17, 15) is 4.79 Å². The zero-order valence-electron chi connectivity index (χ0n) is 9.95. The summed E-state index contributed by atoms with van der Waals surface area (Å²) in [6.45, 7) is 3.48. The van der Waals surface area contributed by atoms with E-state index < -0.39 is 0 Å². The predicted molar refractivity (Wildman–Crippen MR) is 64.0 cm³/mol. The van der Waals surface area contributed by atoms with Crippen molar-refractivity contribution in [1.29, 1.82) is 0 Å². The van der Waals surface area contributed by atoms with Crippen LogP contribution < -0.4 is 11.1 Å². The number of piperidine rings is 1. The van der Waals surface area contributed by atoms with E-state index in [1.54, 1.807) is 0 Å². The lowest BCUT2D eigenvalue weighted by molar-refractivity contribution is -0.118. The molecular weight excluding hydrogens is 202 g/mol. The van der Waals surface area contributed by atoms with Crippen LogP contribution in [0.4, 0.5) is 0 Å². The van der Waals surface area contributed by atoms with Crippen molar-refractivity contribution in [3.8, 4) is 0 Å². The van der Waals surface area contributed by atoms with Crippen molar-refractivity contribution < 1.29 is 4.79 Å². The standard InChI is InChI=1S/C12H23N3O/c13-12(16)4-1-6-14-10-5-8-15-7-2-3-11(15)9-10/h10-11,14H,1-9H2,(H2,13,16). The minimum atomic E-state index is -0.188. The third-order valence-corrected chi connectivity index (χ3v) is 3.85. The molecule has 2 fully saturated rings. The van der Waals surface area contributed by atoms with Crippen LogP contribution >= 0.6 is 0 Å². The molecule has 0 radical (unpaired) electrons. The van der Waals surface area contributed by atoms with Crippen LogP contribution in [0.25, 0.3) is 0 Å². The monoisotopic (exact) mass is 225 g/mol. The van der Waals surface area contributed by atoms with Crippen LogP contribution in [-0.2, 0) is 4.79 Å². The highest BCUT2D eigenvalue weighted by Gasteiger charge is 2.31. The Morgan fingerprint density at radius 3 is 3.06 bits per heavy atom. The summed E-state index contributed by atoms with van der Waals surface area (Å²) in [5, 5.41) is 3.56. The van der Waals surface area contributed by atoms with Crippen LogP contribution in [0.5, 0.6) is 0 Å². The van der Waals surface area contributed by atoms with Gasteiger partial charge >= 0.3 is 0 Å². The van der Waals surface area contributed by atoms with Crippen molar-refractivity contribution in [3.05, 3.63) is 0 Å². The normalized spacial score (nSPS) is 30.2. The maximum atomic E-state index is 10.6. The van der Waals surface area contributed by atoms with E-state index in [0.717, 1.165) is 19.0 Å². The Balaban J connectivity index is 1.62. The summed E-state index contributed by atoms with van der Waals surface area (Å²) in [6, 6.07) is 1.48. The van der Waals surface area contributed by atoms with Crippen LogP contribution in [-0.4, -0.2) is 42.5 Å². The number of hydrogen-bond acceptors (Lipinski definition) is 3. The number of rotatable bonds is 5. The van der Waals surface area contributed by atoms with E-state index in [1.165, 1.54) is 38.8 Å². The Hall–Kier alpha value is -0.610. The average Bonchev–Trinajstić information content (AvgIpc) is 2.71. The van der Waals surface area contributed by atoms with Gasteiger partial charge in [-0.15, -0.1) is 0 Å². The van der Waals surface area contributed by atoms with E-state index in [4.69, 9.17) is 5.73 Å². The molecule has 3 N–H and O–H groups in total. The van der Waals surface area contributed by atoms with Crippen LogP contribution in [0.1, 0.15) is 38.5 Å². The molecule has 1 amide bonds. The zero-order valence-corrected chi connectivity index (χ0v) is 9.95. The molecule has 0 saturated carbocycles. The Morgan fingerprint density at radius 1 is 1.38 bits per heavy atom. The molecule has 4 heteroatoms. The van der Waals surface area contributed by atoms with Gasteiger partial charge in [-0.3, -0.25) is 4.79 Å². The first kappa shape index (κ1) is 11.9. The van der Waals surface area contributed by atoms with Gasteiger partial charge in [0, 0.05) is 18.5 Å². The third-order valence-electron chi connectivity index (χ3n) is 3.85. The maximum Gasteiger partial charge on any atom is 0.217 e. The fourth-order valence-corrected chi connectivity index (χ4v) is 2.98. The molecule has 0 bridgehead atoms. The number of amides is 1. The van der Waals surface area contributed by atoms with Crippen molar-refractivity contribution in [2.45, 2.75) is 50.6 Å². The number of nitrogens with zero attached hydrogens (tertiary/aromatic N) is 1. The SMILES string of the molecule is NC(=O)CCCNC1CCN2CCCC2C1. The molecule has 2 rings (SSSR count). The van der Waals surface area contributed by atoms with E-state index in [-0.39, 0.29) is 5.91 Å². The van der Waals surface area contributed by atoms with Gasteiger partial charge in [-0.25, -0.2) is 0 Å². The summed E-state index contributed by atoms with van der Waals surface area (Å²) in [4.78, 5) is 13.2. The minimum absolute atomic E-state index is 0.188. The van der Waals surface area contributed by atoms with Gasteiger partial charge in [0.25, 0.3) is 0 Å². The van der Waals surface area contributed by atoms with Crippen molar-refractivity contribution in [2.24, 2.45) is 5.73 Å². The lowest BCUT2D eigenvalue weighted by atomic mass is 9.97. The Labute approximate surface area is 97.6 Å². The van der Waals surface area contributed by atoms with Crippen LogP contribution in [0.3, 0.4) is 0 Å². The molecular formula is C12H23N3O. The number of nitrogens with two attached hydrogens (primary N) is 1. The number of hydrogen-bond donors (Lipinski definition) is 2. The second-order valence-electron chi connectivity index (χ2n) is 5.08. The molecule has 0 aliphatic carbocycles. The predicted octanol–water partition coefficient (Wildman–Crippen LogP) is 0.468. The first-order chi connectivity index (χ1) is 7.75. The summed E-state index contributed by atoms with van der Waals surface area (Å²) in [6.07, 6.45) is 6.68. The molecule has 92 valence electrons. The quantitative estimate of drug-likeness (QED) is 0.669. The second-order valence-corrected chi connectivity index (χ2v) is 5.08. The fraction of sp³-hybridized carbons (Fsp3) is 0.917. The molecule has 2 saturated heterocycles. The van der Waals surface area contributed by atoms with Crippen molar-refractivity contribution in [3.63, 3.8) is 0 Å². The Kier molecular flexibility index (Phi) is 4.18. The van der Waals surface area contributed by atoms with E-state index in [1.807, 2.05) is 0 Å². The summed E-state index contributed by atoms with van der Waals surface area (Å²) < 4.78 is 0. The van der Waals surface area contributed by atoms with Gasteiger partial charge in [-0.2, -0.15) is 0 Å². The number of carbonyl (C=O) groups excluding carboxylic acids is 1. The number of fused-ring (bicyclic) bond motifs is 1. The fourth-order valence-electron chi connectivity index (χ4n) is 2.98. The molecule has 0 aromatic rings. The lowest BCUT2D eigenvalue weighted by Gasteiger charge is -2.35. The topological polar surface area (TPSA) is 58.4 Å². The lowest BCUT2D eigenvalue weighted by Crippen LogP contribution is -2.45. The van der Waals surface area contributed by atoms with Gasteiger partial charge in [0.05, 0.1) is 0 Å². The van der Waals surface area contributed by atoms with Gasteiger partial charge in [-0.05, 0) is 51.7 Å². The summed E-state index contributed by atoms with van der Waals surface area (Å²) >= 11 is 0. The number of primary amides is 1. The van der Waals surface area contributed by atoms with E-state index in [2.05, 4.69) is 10.2 Å². The van der Waals surface area contributed by atoms with Gasteiger partial charge in [0.2, 0.25) is 5.91 Å². The van der Waals surface area contributed by atoms with Gasteiger partial charge in [-0.1, -0.05) is 0 Å². The summed E-state index contributed by atoms with van der Waals surface area (Å²) in [5.74, 6) is -0.188. The van der Waals surface area contributed by atoms with Crippen molar-refractivity contribution in [2.75, 3.05) is 19.6 Å². The molecule has 2 unspecified atom stereocenters. The summed E-state index contributed by atoms with van der Waals surface area (Å²) in [5.41, 5.74) is 5.11. The first-order valence-electron chi connectivity index (χ1n) is 6.51. The molecule has 2 heterocycles. The summed E-state index contributed by atoms with van der Waals surface area (Å²) in [7, 11) is 0. The first-order valence-corrected chi connectivity index (χ1v) is 6.51. The van der Waals surface area contributed by atoms with Crippen LogP contribution in [0.2, 0.25) is 0 Å². The van der Waals surface area contributed by atoms with Gasteiger partial charge in [0.1, 0.15) is 0 Å². The molecule has 0 aromatic carbocycles. The maximum absolute atomic E-state index is 10.6. The largest absolute Gasteiger partial charge is 0.370 e. The van der Waals surface area contributed by atoms with Crippen LogP contribution in [0, 0.1) is 0 Å². The Bertz CT molecular complexity index is 244. The molecule has 2 aliphatic heterocycles. The molecule has 2 atom stereocenters. The van der Waals surface area contributed by atoms with E-state index in [0.29, 0.717) is 12.5 Å². The Morgan fingerprint density at radius 2 is 2.25 bits per heavy atom. The molecule has 2 aliphatic rings. The highest BCUT2D eigenvalue weighted by atomic mass is 16.1. The van der Waals surface area contributed by atoms with Crippen LogP contribution in [0.15, 0.2) is 0 Å². The molecule has 0 spiro atoms. The van der Waals surface area contributed by atoms with Crippen molar-refractivity contribution >= 4 is 5.91 Å². The van der Waals surface area contributed by atoms with Gasteiger partial charge in [0.15, 0.2) is 0 Å². The highest BCUT2D eigenvalue weighted by Crippen LogP contribution is 2.26. The van der Waals surface area contributed by atoms with E-state index >= 15 is 0 Å². The second kappa shape index (κ2) is 5.64. The number of carbonyl (C=O) groups is 1.